The van der Waals surface area contributed by atoms with Gasteiger partial charge >= 0.3 is 0 Å². The normalized spacial score (nSPS) is 14.7. The molecule has 2 atom stereocenters. The second-order valence-electron chi connectivity index (χ2n) is 6.96. The molecule has 0 saturated heterocycles. The number of hydrogen-bond donors (Lipinski definition) is 2. The highest BCUT2D eigenvalue weighted by Gasteiger charge is 2.17. The third-order valence-corrected chi connectivity index (χ3v) is 4.55. The molecule has 0 amide bonds. The summed E-state index contributed by atoms with van der Waals surface area (Å²) in [6.07, 6.45) is 19.3. The van der Waals surface area contributed by atoms with E-state index < -0.39 is 6.10 Å². The lowest BCUT2D eigenvalue weighted by atomic mass is 10.0. The van der Waals surface area contributed by atoms with Gasteiger partial charge in [-0.2, -0.15) is 0 Å². The lowest BCUT2D eigenvalue weighted by Crippen LogP contribution is -2.40. The van der Waals surface area contributed by atoms with Crippen LogP contribution in [0.15, 0.2) is 12.2 Å². The predicted molar refractivity (Wildman–Crippen MR) is 101 cm³/mol. The molecule has 23 heavy (non-hydrogen) atoms. The van der Waals surface area contributed by atoms with E-state index in [1.54, 1.807) is 0 Å². The molecule has 0 spiro atoms. The molecular formula is C20H41NO2. The van der Waals surface area contributed by atoms with Crippen LogP contribution >= 0.6 is 0 Å². The third-order valence-electron chi connectivity index (χ3n) is 4.55. The van der Waals surface area contributed by atoms with Gasteiger partial charge in [-0.3, -0.25) is 0 Å². The first kappa shape index (κ1) is 22.6. The molecule has 3 nitrogen and oxygen atoms in total. The van der Waals surface area contributed by atoms with E-state index in [-0.39, 0.29) is 12.6 Å². The first-order valence-corrected chi connectivity index (χ1v) is 9.75. The number of allylic oxidation sites excluding steroid dienone is 1. The Labute approximate surface area is 144 Å². The predicted octanol–water partition coefficient (Wildman–Crippen LogP) is 4.53. The van der Waals surface area contributed by atoms with Crippen LogP contribution in [0.1, 0.15) is 84.0 Å². The third kappa shape index (κ3) is 13.7. The Morgan fingerprint density at radius 2 is 1.30 bits per heavy atom. The highest BCUT2D eigenvalue weighted by molar-refractivity contribution is 4.94. The molecule has 0 aromatic carbocycles. The topological polar surface area (TPSA) is 43.7 Å². The molecule has 0 aliphatic rings. The molecule has 0 fully saturated rings. The number of rotatable bonds is 16. The summed E-state index contributed by atoms with van der Waals surface area (Å²) in [6, 6.07) is -0.205. The van der Waals surface area contributed by atoms with Crippen molar-refractivity contribution in [1.29, 1.82) is 0 Å². The first-order chi connectivity index (χ1) is 11.1. The molecule has 0 aliphatic carbocycles. The summed E-state index contributed by atoms with van der Waals surface area (Å²) in [4.78, 5) is 1.86. The van der Waals surface area contributed by atoms with Crippen LogP contribution in [-0.2, 0) is 0 Å². The van der Waals surface area contributed by atoms with Gasteiger partial charge in [-0.1, -0.05) is 83.3 Å². The maximum Gasteiger partial charge on any atom is 0.0898 e. The van der Waals surface area contributed by atoms with E-state index in [2.05, 4.69) is 13.0 Å². The highest BCUT2D eigenvalue weighted by Crippen LogP contribution is 2.12. The van der Waals surface area contributed by atoms with Gasteiger partial charge in [0.05, 0.1) is 18.8 Å². The van der Waals surface area contributed by atoms with Gasteiger partial charge in [0, 0.05) is 0 Å². The molecule has 0 rings (SSSR count). The minimum Gasteiger partial charge on any atom is -0.395 e. The lowest BCUT2D eigenvalue weighted by Gasteiger charge is -2.25. The van der Waals surface area contributed by atoms with E-state index in [1.165, 1.54) is 70.6 Å². The van der Waals surface area contributed by atoms with Crippen molar-refractivity contribution in [3.63, 3.8) is 0 Å². The SMILES string of the molecule is CCCCCCCCCCCCC/C=C/C(O)[C@H](CO)N(C)C. The number of unbranched alkanes of at least 4 members (excludes halogenated alkanes) is 11. The molecule has 0 aromatic heterocycles. The summed E-state index contributed by atoms with van der Waals surface area (Å²) in [5.41, 5.74) is 0. The Morgan fingerprint density at radius 3 is 1.74 bits per heavy atom. The number of likely N-dealkylation sites (N-methyl/N-ethyl adjacent to an activating group) is 1. The molecule has 1 unspecified atom stereocenters. The minimum absolute atomic E-state index is 0.0169. The van der Waals surface area contributed by atoms with Gasteiger partial charge in [-0.05, 0) is 26.9 Å². The zero-order chi connectivity index (χ0) is 17.3. The van der Waals surface area contributed by atoms with Crippen molar-refractivity contribution in [3.8, 4) is 0 Å². The molecule has 0 radical (unpaired) electrons. The lowest BCUT2D eigenvalue weighted by molar-refractivity contribution is 0.0672. The van der Waals surface area contributed by atoms with Crippen LogP contribution in [0.4, 0.5) is 0 Å². The maximum absolute atomic E-state index is 9.97. The van der Waals surface area contributed by atoms with Gasteiger partial charge in [0.25, 0.3) is 0 Å². The summed E-state index contributed by atoms with van der Waals surface area (Å²) >= 11 is 0. The average molecular weight is 328 g/mol. The van der Waals surface area contributed by atoms with E-state index >= 15 is 0 Å². The summed E-state index contributed by atoms with van der Waals surface area (Å²) < 4.78 is 0. The van der Waals surface area contributed by atoms with Crippen molar-refractivity contribution in [3.05, 3.63) is 12.2 Å². The fourth-order valence-electron chi connectivity index (χ4n) is 2.87. The monoisotopic (exact) mass is 327 g/mol. The van der Waals surface area contributed by atoms with Gasteiger partial charge in [-0.15, -0.1) is 0 Å². The molecule has 0 aromatic rings. The van der Waals surface area contributed by atoms with Crippen molar-refractivity contribution in [1.82, 2.24) is 4.90 Å². The van der Waals surface area contributed by atoms with Crippen LogP contribution in [0, 0.1) is 0 Å². The molecule has 0 heterocycles. The van der Waals surface area contributed by atoms with Crippen LogP contribution in [0.3, 0.4) is 0 Å². The van der Waals surface area contributed by atoms with Crippen molar-refractivity contribution in [2.24, 2.45) is 0 Å². The van der Waals surface area contributed by atoms with Crippen LogP contribution in [-0.4, -0.2) is 48.0 Å². The number of aliphatic hydroxyl groups is 2. The summed E-state index contributed by atoms with van der Waals surface area (Å²) in [6.45, 7) is 2.25. The van der Waals surface area contributed by atoms with Gasteiger partial charge in [-0.25, -0.2) is 0 Å². The molecule has 3 heteroatoms. The van der Waals surface area contributed by atoms with Gasteiger partial charge in [0.15, 0.2) is 0 Å². The molecular weight excluding hydrogens is 286 g/mol. The second kappa shape index (κ2) is 16.5. The standard InChI is InChI=1S/C20H41NO2/c1-4-5-6-7-8-9-10-11-12-13-14-15-16-17-20(23)19(18-22)21(2)3/h16-17,19-20,22-23H,4-15,18H2,1-3H3/b17-16+/t19-,20?/m0/s1. The van der Waals surface area contributed by atoms with E-state index in [0.29, 0.717) is 0 Å². The molecule has 0 saturated carbocycles. The van der Waals surface area contributed by atoms with Crippen molar-refractivity contribution in [2.45, 2.75) is 96.1 Å². The second-order valence-corrected chi connectivity index (χ2v) is 6.96. The maximum atomic E-state index is 9.97. The Morgan fingerprint density at radius 1 is 0.826 bits per heavy atom. The minimum atomic E-state index is -0.581. The number of hydrogen-bond acceptors (Lipinski definition) is 3. The highest BCUT2D eigenvalue weighted by atomic mass is 16.3. The van der Waals surface area contributed by atoms with Crippen molar-refractivity contribution >= 4 is 0 Å². The number of nitrogens with zero attached hydrogens (tertiary/aromatic N) is 1. The van der Waals surface area contributed by atoms with Gasteiger partial charge < -0.3 is 15.1 Å². The van der Waals surface area contributed by atoms with Gasteiger partial charge in [0.2, 0.25) is 0 Å². The van der Waals surface area contributed by atoms with Crippen molar-refractivity contribution < 1.29 is 10.2 Å². The number of aliphatic hydroxyl groups excluding tert-OH is 2. The zero-order valence-corrected chi connectivity index (χ0v) is 15.8. The molecule has 0 bridgehead atoms. The quantitative estimate of drug-likeness (QED) is 0.323. The fourth-order valence-corrected chi connectivity index (χ4v) is 2.87. The van der Waals surface area contributed by atoms with Crippen LogP contribution in [0.25, 0.3) is 0 Å². The Kier molecular flexibility index (Phi) is 16.2. The van der Waals surface area contributed by atoms with Crippen LogP contribution in [0.2, 0.25) is 0 Å². The summed E-state index contributed by atoms with van der Waals surface area (Å²) in [5, 5.41) is 19.2. The van der Waals surface area contributed by atoms with E-state index in [0.717, 1.165) is 6.42 Å². The summed E-state index contributed by atoms with van der Waals surface area (Å²) in [7, 11) is 3.75. The summed E-state index contributed by atoms with van der Waals surface area (Å²) in [5.74, 6) is 0. The van der Waals surface area contributed by atoms with Gasteiger partial charge in [0.1, 0.15) is 0 Å². The Hall–Kier alpha value is -0.380. The smallest absolute Gasteiger partial charge is 0.0898 e. The van der Waals surface area contributed by atoms with Crippen LogP contribution in [0.5, 0.6) is 0 Å². The Bertz CT molecular complexity index is 266. The largest absolute Gasteiger partial charge is 0.395 e. The molecule has 138 valence electrons. The van der Waals surface area contributed by atoms with E-state index in [9.17, 15) is 10.2 Å². The fraction of sp³-hybridized carbons (Fsp3) is 0.900. The Balaban J connectivity index is 3.40. The average Bonchev–Trinajstić information content (AvgIpc) is 2.52. The zero-order valence-electron chi connectivity index (χ0n) is 15.8. The molecule has 2 N–H and O–H groups in total. The van der Waals surface area contributed by atoms with E-state index in [4.69, 9.17) is 0 Å². The first-order valence-electron chi connectivity index (χ1n) is 9.75. The van der Waals surface area contributed by atoms with Crippen molar-refractivity contribution in [2.75, 3.05) is 20.7 Å². The molecule has 0 aliphatic heterocycles. The van der Waals surface area contributed by atoms with Crippen LogP contribution < -0.4 is 0 Å². The van der Waals surface area contributed by atoms with E-state index in [1.807, 2.05) is 25.1 Å².